The number of rotatable bonds is 10. The lowest BCUT2D eigenvalue weighted by atomic mass is 9.84. The predicted molar refractivity (Wildman–Crippen MR) is 155 cm³/mol. The number of anilines is 3. The number of nitrogens with one attached hydrogen (secondary N) is 3. The summed E-state index contributed by atoms with van der Waals surface area (Å²) >= 11 is 0. The van der Waals surface area contributed by atoms with Crippen LogP contribution in [0.25, 0.3) is 0 Å². The number of benzene rings is 3. The summed E-state index contributed by atoms with van der Waals surface area (Å²) in [7, 11) is 0. The molecule has 0 atom stereocenters. The third-order valence-corrected chi connectivity index (χ3v) is 7.40. The SMILES string of the molecule is O=C(O)CCNC(=O)c1ccc(CN(C(=O)Nc2ccc(NO)c(C(F)(F)F)c2)c2ccc(C3CCCCC3)cc2)cc1. The number of carboxylic acids is 1. The second kappa shape index (κ2) is 14.1. The Bertz CT molecular complexity index is 1420. The van der Waals surface area contributed by atoms with E-state index in [0.717, 1.165) is 25.0 Å². The highest BCUT2D eigenvalue weighted by atomic mass is 19.4. The van der Waals surface area contributed by atoms with E-state index in [0.29, 0.717) is 22.7 Å². The fourth-order valence-corrected chi connectivity index (χ4v) is 5.12. The zero-order valence-corrected chi connectivity index (χ0v) is 23.3. The summed E-state index contributed by atoms with van der Waals surface area (Å²) in [4.78, 5) is 37.9. The van der Waals surface area contributed by atoms with Crippen LogP contribution in [0.2, 0.25) is 0 Å². The molecule has 3 aromatic rings. The molecule has 1 saturated carbocycles. The maximum atomic E-state index is 13.5. The molecule has 3 aromatic carbocycles. The quantitative estimate of drug-likeness (QED) is 0.160. The van der Waals surface area contributed by atoms with E-state index in [-0.39, 0.29) is 25.2 Å². The number of carboxylic acid groups (broad SMARTS) is 1. The fourth-order valence-electron chi connectivity index (χ4n) is 5.12. The number of alkyl halides is 3. The molecule has 0 heterocycles. The molecule has 0 unspecified atom stereocenters. The molecule has 0 bridgehead atoms. The maximum Gasteiger partial charge on any atom is 0.418 e. The van der Waals surface area contributed by atoms with Gasteiger partial charge < -0.3 is 15.7 Å². The first-order valence-electron chi connectivity index (χ1n) is 13.9. The molecule has 0 saturated heterocycles. The fraction of sp³-hybridized carbons (Fsp3) is 0.323. The molecule has 9 nitrogen and oxygen atoms in total. The minimum Gasteiger partial charge on any atom is -0.481 e. The van der Waals surface area contributed by atoms with Crippen LogP contribution in [0.3, 0.4) is 0 Å². The van der Waals surface area contributed by atoms with Crippen LogP contribution in [-0.2, 0) is 17.5 Å². The van der Waals surface area contributed by atoms with Gasteiger partial charge in [0, 0.05) is 23.5 Å². The van der Waals surface area contributed by atoms with E-state index in [4.69, 9.17) is 10.3 Å². The van der Waals surface area contributed by atoms with Crippen LogP contribution in [0.15, 0.2) is 66.7 Å². The molecule has 0 radical (unpaired) electrons. The van der Waals surface area contributed by atoms with Gasteiger partial charge in [0.2, 0.25) is 0 Å². The van der Waals surface area contributed by atoms with Crippen molar-refractivity contribution in [1.82, 2.24) is 5.32 Å². The molecule has 12 heteroatoms. The Morgan fingerprint density at radius 1 is 0.907 bits per heavy atom. The molecule has 0 spiro atoms. The Hall–Kier alpha value is -4.58. The summed E-state index contributed by atoms with van der Waals surface area (Å²) in [6, 6.07) is 16.3. The Morgan fingerprint density at radius 3 is 2.19 bits per heavy atom. The molecule has 0 aliphatic heterocycles. The van der Waals surface area contributed by atoms with Gasteiger partial charge in [0.1, 0.15) is 0 Å². The lowest BCUT2D eigenvalue weighted by Gasteiger charge is -2.26. The molecule has 0 aromatic heterocycles. The van der Waals surface area contributed by atoms with E-state index in [1.165, 1.54) is 41.3 Å². The van der Waals surface area contributed by atoms with Gasteiger partial charge in [0.05, 0.1) is 24.2 Å². The van der Waals surface area contributed by atoms with Crippen molar-refractivity contribution in [3.05, 3.63) is 89.0 Å². The van der Waals surface area contributed by atoms with Crippen molar-refractivity contribution in [2.24, 2.45) is 0 Å². The summed E-state index contributed by atoms with van der Waals surface area (Å²) in [6.07, 6.45) is 0.758. The normalized spacial score (nSPS) is 13.7. The summed E-state index contributed by atoms with van der Waals surface area (Å²) in [5, 5.41) is 22.9. The molecule has 1 aliphatic carbocycles. The van der Waals surface area contributed by atoms with E-state index in [1.54, 1.807) is 24.3 Å². The minimum atomic E-state index is -4.78. The van der Waals surface area contributed by atoms with Gasteiger partial charge in [-0.1, -0.05) is 43.5 Å². The summed E-state index contributed by atoms with van der Waals surface area (Å²) in [5.74, 6) is -1.03. The van der Waals surface area contributed by atoms with Gasteiger partial charge in [-0.15, -0.1) is 0 Å². The van der Waals surface area contributed by atoms with Crippen molar-refractivity contribution < 1.29 is 37.9 Å². The van der Waals surface area contributed by atoms with Crippen LogP contribution < -0.4 is 21.0 Å². The van der Waals surface area contributed by atoms with Gasteiger partial charge in [0.25, 0.3) is 5.91 Å². The van der Waals surface area contributed by atoms with Gasteiger partial charge in [-0.2, -0.15) is 13.2 Å². The topological polar surface area (TPSA) is 131 Å². The largest absolute Gasteiger partial charge is 0.481 e. The van der Waals surface area contributed by atoms with Crippen LogP contribution in [0.5, 0.6) is 0 Å². The van der Waals surface area contributed by atoms with E-state index >= 15 is 0 Å². The molecule has 5 N–H and O–H groups in total. The standard InChI is InChI=1S/C31H33F3N4O5/c32-31(33,34)26-18-24(12-15-27(26)37-43)36-30(42)38(25-13-10-22(11-14-25)21-4-2-1-3-5-21)19-20-6-8-23(9-7-20)29(41)35-17-16-28(39)40/h6-15,18,21,37,43H,1-5,16-17,19H2,(H,35,41)(H,36,42)(H,39,40). The molecular formula is C31H33F3N4O5. The number of halogens is 3. The summed E-state index contributed by atoms with van der Waals surface area (Å²) in [6.45, 7) is 0.0179. The van der Waals surface area contributed by atoms with Crippen LogP contribution in [0.4, 0.5) is 35.0 Å². The molecule has 43 heavy (non-hydrogen) atoms. The highest BCUT2D eigenvalue weighted by Crippen LogP contribution is 2.37. The molecule has 3 amide bonds. The number of hydrogen-bond acceptors (Lipinski definition) is 5. The van der Waals surface area contributed by atoms with Crippen molar-refractivity contribution in [3.8, 4) is 0 Å². The smallest absolute Gasteiger partial charge is 0.418 e. The number of nitrogens with zero attached hydrogens (tertiary/aromatic N) is 1. The number of amides is 3. The molecule has 4 rings (SSSR count). The number of aliphatic carboxylic acids is 1. The van der Waals surface area contributed by atoms with Gasteiger partial charge in [-0.05, 0) is 72.4 Å². The Labute approximate surface area is 246 Å². The first-order valence-corrected chi connectivity index (χ1v) is 13.9. The first kappa shape index (κ1) is 31.4. The van der Waals surface area contributed by atoms with Crippen LogP contribution in [-0.4, -0.2) is 34.8 Å². The Balaban J connectivity index is 1.57. The van der Waals surface area contributed by atoms with Gasteiger partial charge in [0.15, 0.2) is 0 Å². The zero-order chi connectivity index (χ0) is 31.0. The Morgan fingerprint density at radius 2 is 1.58 bits per heavy atom. The number of urea groups is 1. The lowest BCUT2D eigenvalue weighted by Crippen LogP contribution is -2.34. The van der Waals surface area contributed by atoms with Crippen LogP contribution in [0, 0.1) is 0 Å². The average molecular weight is 599 g/mol. The second-order valence-electron chi connectivity index (χ2n) is 10.4. The van der Waals surface area contributed by atoms with E-state index in [9.17, 15) is 27.6 Å². The molecule has 1 aliphatic rings. The monoisotopic (exact) mass is 598 g/mol. The zero-order valence-electron chi connectivity index (χ0n) is 23.3. The van der Waals surface area contributed by atoms with Crippen LogP contribution in [0.1, 0.15) is 71.5 Å². The summed E-state index contributed by atoms with van der Waals surface area (Å²) < 4.78 is 40.6. The van der Waals surface area contributed by atoms with Crippen molar-refractivity contribution in [3.63, 3.8) is 0 Å². The maximum absolute atomic E-state index is 13.5. The Kier molecular flexibility index (Phi) is 10.3. The van der Waals surface area contributed by atoms with Gasteiger partial charge in [-0.25, -0.2) is 4.79 Å². The van der Waals surface area contributed by atoms with Crippen LogP contribution >= 0.6 is 0 Å². The van der Waals surface area contributed by atoms with Crippen molar-refractivity contribution in [2.75, 3.05) is 22.2 Å². The highest BCUT2D eigenvalue weighted by Gasteiger charge is 2.34. The van der Waals surface area contributed by atoms with E-state index < -0.39 is 35.3 Å². The molecular weight excluding hydrogens is 565 g/mol. The van der Waals surface area contributed by atoms with E-state index in [2.05, 4.69) is 10.6 Å². The second-order valence-corrected chi connectivity index (χ2v) is 10.4. The third-order valence-electron chi connectivity index (χ3n) is 7.40. The summed E-state index contributed by atoms with van der Waals surface area (Å²) in [5.41, 5.74) is 2.36. The van der Waals surface area contributed by atoms with Gasteiger partial charge >= 0.3 is 18.2 Å². The number of carbonyl (C=O) groups excluding carboxylic acids is 2. The lowest BCUT2D eigenvalue weighted by molar-refractivity contribution is -0.137. The number of hydrogen-bond donors (Lipinski definition) is 5. The van der Waals surface area contributed by atoms with Crippen molar-refractivity contribution >= 4 is 35.0 Å². The minimum absolute atomic E-state index is 0.0217. The average Bonchev–Trinajstić information content (AvgIpc) is 3.00. The third kappa shape index (κ3) is 8.48. The first-order chi connectivity index (χ1) is 20.5. The number of carbonyl (C=O) groups is 3. The molecule has 228 valence electrons. The molecule has 1 fully saturated rings. The van der Waals surface area contributed by atoms with Crippen molar-refractivity contribution in [2.45, 2.75) is 57.2 Å². The highest BCUT2D eigenvalue weighted by molar-refractivity contribution is 6.02. The van der Waals surface area contributed by atoms with E-state index in [1.807, 2.05) is 24.3 Å². The van der Waals surface area contributed by atoms with Gasteiger partial charge in [-0.3, -0.25) is 25.2 Å². The van der Waals surface area contributed by atoms with Crippen molar-refractivity contribution in [1.29, 1.82) is 0 Å². The predicted octanol–water partition coefficient (Wildman–Crippen LogP) is 7.00.